The molecular weight excluding hydrogens is 360 g/mol. The van der Waals surface area contributed by atoms with Crippen LogP contribution in [0.25, 0.3) is 0 Å². The van der Waals surface area contributed by atoms with E-state index in [4.69, 9.17) is 14.2 Å². The van der Waals surface area contributed by atoms with E-state index in [1.54, 1.807) is 30.2 Å². The van der Waals surface area contributed by atoms with E-state index in [0.717, 1.165) is 17.7 Å². The standard InChI is InChI=1S/C21H24N2O5/c1-15(24)23(11-9-16-3-6-18(26-2)7-4-16)12-10-22-21(25)17-5-8-19-20(13-17)28-14-27-19/h3-8,13H,9-12,14H2,1-2H3,(H,22,25). The maximum Gasteiger partial charge on any atom is 0.251 e. The van der Waals surface area contributed by atoms with Crippen LogP contribution in [0.15, 0.2) is 42.5 Å². The Morgan fingerprint density at radius 3 is 2.54 bits per heavy atom. The van der Waals surface area contributed by atoms with Crippen molar-refractivity contribution in [3.05, 3.63) is 53.6 Å². The summed E-state index contributed by atoms with van der Waals surface area (Å²) in [4.78, 5) is 25.9. The fourth-order valence-electron chi connectivity index (χ4n) is 2.93. The predicted octanol–water partition coefficient (Wildman–Crippen LogP) is 2.24. The van der Waals surface area contributed by atoms with Crippen molar-refractivity contribution < 1.29 is 23.8 Å². The van der Waals surface area contributed by atoms with Crippen molar-refractivity contribution in [2.24, 2.45) is 0 Å². The highest BCUT2D eigenvalue weighted by molar-refractivity contribution is 5.94. The smallest absolute Gasteiger partial charge is 0.251 e. The number of fused-ring (bicyclic) bond motifs is 1. The number of amides is 2. The van der Waals surface area contributed by atoms with Gasteiger partial charge in [-0.2, -0.15) is 0 Å². The van der Waals surface area contributed by atoms with Gasteiger partial charge in [-0.25, -0.2) is 0 Å². The first-order valence-electron chi connectivity index (χ1n) is 9.13. The molecule has 0 spiro atoms. The van der Waals surface area contributed by atoms with Crippen molar-refractivity contribution in [2.75, 3.05) is 33.5 Å². The van der Waals surface area contributed by atoms with Crippen LogP contribution in [-0.2, 0) is 11.2 Å². The van der Waals surface area contributed by atoms with Crippen molar-refractivity contribution in [2.45, 2.75) is 13.3 Å². The summed E-state index contributed by atoms with van der Waals surface area (Å²) in [6.07, 6.45) is 0.736. The first-order chi connectivity index (χ1) is 13.6. The quantitative estimate of drug-likeness (QED) is 0.755. The summed E-state index contributed by atoms with van der Waals surface area (Å²) in [5.74, 6) is 1.77. The van der Waals surface area contributed by atoms with E-state index < -0.39 is 0 Å². The van der Waals surface area contributed by atoms with Crippen molar-refractivity contribution in [3.8, 4) is 17.2 Å². The van der Waals surface area contributed by atoms with Gasteiger partial charge in [-0.15, -0.1) is 0 Å². The van der Waals surface area contributed by atoms with Crippen LogP contribution in [0.4, 0.5) is 0 Å². The third kappa shape index (κ3) is 4.94. The molecule has 1 N–H and O–H groups in total. The Morgan fingerprint density at radius 1 is 1.07 bits per heavy atom. The minimum absolute atomic E-state index is 0.0224. The van der Waals surface area contributed by atoms with Gasteiger partial charge in [0.15, 0.2) is 11.5 Å². The van der Waals surface area contributed by atoms with Crippen molar-refractivity contribution in [1.29, 1.82) is 0 Å². The number of methoxy groups -OCH3 is 1. The zero-order chi connectivity index (χ0) is 19.9. The summed E-state index contributed by atoms with van der Waals surface area (Å²) in [6.45, 7) is 3.11. The second kappa shape index (κ2) is 9.12. The van der Waals surface area contributed by atoms with Crippen LogP contribution in [0.2, 0.25) is 0 Å². The van der Waals surface area contributed by atoms with Crippen molar-refractivity contribution >= 4 is 11.8 Å². The monoisotopic (exact) mass is 384 g/mol. The van der Waals surface area contributed by atoms with Crippen LogP contribution >= 0.6 is 0 Å². The highest BCUT2D eigenvalue weighted by Gasteiger charge is 2.16. The molecule has 1 aliphatic rings. The number of nitrogens with one attached hydrogen (secondary N) is 1. The molecule has 0 bridgehead atoms. The Labute approximate surface area is 164 Å². The fourth-order valence-corrected chi connectivity index (χ4v) is 2.93. The molecule has 3 rings (SSSR count). The number of rotatable bonds is 8. The Hall–Kier alpha value is -3.22. The molecule has 0 atom stereocenters. The lowest BCUT2D eigenvalue weighted by Gasteiger charge is -2.21. The number of carbonyl (C=O) groups is 2. The summed E-state index contributed by atoms with van der Waals surface area (Å²) in [7, 11) is 1.63. The van der Waals surface area contributed by atoms with Crippen LogP contribution in [0.1, 0.15) is 22.8 Å². The topological polar surface area (TPSA) is 77.1 Å². The van der Waals surface area contributed by atoms with Crippen molar-refractivity contribution in [1.82, 2.24) is 10.2 Å². The van der Waals surface area contributed by atoms with Gasteiger partial charge < -0.3 is 24.4 Å². The maximum absolute atomic E-state index is 12.3. The Morgan fingerprint density at radius 2 is 1.82 bits per heavy atom. The Bertz CT molecular complexity index is 835. The number of carbonyl (C=O) groups excluding carboxylic acids is 2. The van der Waals surface area contributed by atoms with E-state index in [-0.39, 0.29) is 18.6 Å². The van der Waals surface area contributed by atoms with Gasteiger partial charge in [0.2, 0.25) is 12.7 Å². The minimum atomic E-state index is -0.211. The largest absolute Gasteiger partial charge is 0.497 e. The second-order valence-corrected chi connectivity index (χ2v) is 6.43. The Kier molecular flexibility index (Phi) is 6.37. The zero-order valence-electron chi connectivity index (χ0n) is 16.1. The molecule has 1 aliphatic heterocycles. The molecule has 0 unspecified atom stereocenters. The number of benzene rings is 2. The average molecular weight is 384 g/mol. The van der Waals surface area contributed by atoms with Crippen LogP contribution in [0.5, 0.6) is 17.2 Å². The third-order valence-corrected chi connectivity index (χ3v) is 4.58. The molecule has 0 saturated heterocycles. The van der Waals surface area contributed by atoms with E-state index in [1.165, 1.54) is 6.92 Å². The van der Waals surface area contributed by atoms with Crippen LogP contribution in [-0.4, -0.2) is 50.3 Å². The van der Waals surface area contributed by atoms with Gasteiger partial charge in [0.25, 0.3) is 5.91 Å². The molecule has 0 saturated carbocycles. The maximum atomic E-state index is 12.3. The molecule has 0 fully saturated rings. The first kappa shape index (κ1) is 19.5. The number of hydrogen-bond acceptors (Lipinski definition) is 5. The lowest BCUT2D eigenvalue weighted by molar-refractivity contribution is -0.128. The predicted molar refractivity (Wildman–Crippen MR) is 104 cm³/mol. The van der Waals surface area contributed by atoms with Crippen LogP contribution in [0.3, 0.4) is 0 Å². The van der Waals surface area contributed by atoms with E-state index in [9.17, 15) is 9.59 Å². The normalized spacial score (nSPS) is 11.8. The molecule has 0 radical (unpaired) electrons. The molecule has 2 amide bonds. The summed E-state index contributed by atoms with van der Waals surface area (Å²) >= 11 is 0. The van der Waals surface area contributed by atoms with Gasteiger partial charge in [0.05, 0.1) is 7.11 Å². The molecule has 148 valence electrons. The molecule has 2 aromatic rings. The summed E-state index contributed by atoms with van der Waals surface area (Å²) < 4.78 is 15.7. The van der Waals surface area contributed by atoms with Gasteiger partial charge in [0, 0.05) is 32.1 Å². The Balaban J connectivity index is 1.47. The molecule has 7 heteroatoms. The van der Waals surface area contributed by atoms with E-state index in [1.807, 2.05) is 24.3 Å². The summed E-state index contributed by atoms with van der Waals surface area (Å²) in [5.41, 5.74) is 1.62. The third-order valence-electron chi connectivity index (χ3n) is 4.58. The van der Waals surface area contributed by atoms with E-state index in [2.05, 4.69) is 5.32 Å². The second-order valence-electron chi connectivity index (χ2n) is 6.43. The average Bonchev–Trinajstić information content (AvgIpc) is 3.18. The van der Waals surface area contributed by atoms with E-state index in [0.29, 0.717) is 36.7 Å². The van der Waals surface area contributed by atoms with Crippen molar-refractivity contribution in [3.63, 3.8) is 0 Å². The highest BCUT2D eigenvalue weighted by atomic mass is 16.7. The molecule has 0 aliphatic carbocycles. The number of hydrogen-bond donors (Lipinski definition) is 1. The van der Waals surface area contributed by atoms with Gasteiger partial charge in [-0.1, -0.05) is 12.1 Å². The lowest BCUT2D eigenvalue weighted by atomic mass is 10.1. The summed E-state index contributed by atoms with van der Waals surface area (Å²) in [6, 6.07) is 12.8. The molecule has 7 nitrogen and oxygen atoms in total. The molecule has 1 heterocycles. The number of nitrogens with zero attached hydrogens (tertiary/aromatic N) is 1. The van der Waals surface area contributed by atoms with Gasteiger partial charge in [-0.05, 0) is 42.3 Å². The molecule has 0 aromatic heterocycles. The number of ether oxygens (including phenoxy) is 3. The lowest BCUT2D eigenvalue weighted by Crippen LogP contribution is -2.38. The van der Waals surface area contributed by atoms with Gasteiger partial charge in [-0.3, -0.25) is 9.59 Å². The SMILES string of the molecule is COc1ccc(CCN(CCNC(=O)c2ccc3c(c2)OCO3)C(C)=O)cc1. The van der Waals surface area contributed by atoms with Crippen LogP contribution in [0, 0.1) is 0 Å². The highest BCUT2D eigenvalue weighted by Crippen LogP contribution is 2.32. The fraction of sp³-hybridized carbons (Fsp3) is 0.333. The first-order valence-corrected chi connectivity index (χ1v) is 9.13. The molecular formula is C21H24N2O5. The van der Waals surface area contributed by atoms with Crippen LogP contribution < -0.4 is 19.5 Å². The minimum Gasteiger partial charge on any atom is -0.497 e. The zero-order valence-corrected chi connectivity index (χ0v) is 16.1. The molecule has 28 heavy (non-hydrogen) atoms. The molecule has 2 aromatic carbocycles. The summed E-state index contributed by atoms with van der Waals surface area (Å²) in [5, 5.41) is 2.84. The van der Waals surface area contributed by atoms with E-state index >= 15 is 0 Å². The van der Waals surface area contributed by atoms with Gasteiger partial charge >= 0.3 is 0 Å². The van der Waals surface area contributed by atoms with Gasteiger partial charge in [0.1, 0.15) is 5.75 Å².